The largest absolute Gasteiger partial charge is 0.501 e. The van der Waals surface area contributed by atoms with Gasteiger partial charge < -0.3 is 10.1 Å². The Morgan fingerprint density at radius 1 is 1.16 bits per heavy atom. The van der Waals surface area contributed by atoms with Gasteiger partial charge in [0, 0.05) is 5.56 Å². The van der Waals surface area contributed by atoms with Gasteiger partial charge in [-0.15, -0.1) is 0 Å². The van der Waals surface area contributed by atoms with Crippen molar-refractivity contribution in [3.8, 4) is 17.9 Å². The van der Waals surface area contributed by atoms with Gasteiger partial charge in [0.1, 0.15) is 12.4 Å². The van der Waals surface area contributed by atoms with Gasteiger partial charge in [-0.05, 0) is 65.3 Å². The Morgan fingerprint density at radius 2 is 1.77 bits per heavy atom. The molecule has 0 aromatic heterocycles. The highest BCUT2D eigenvalue weighted by Gasteiger charge is 2.46. The van der Waals surface area contributed by atoms with Gasteiger partial charge in [-0.1, -0.05) is 0 Å². The van der Waals surface area contributed by atoms with Crippen molar-refractivity contribution in [1.29, 1.82) is 10.5 Å². The molecule has 1 amide bonds. The fourth-order valence-corrected chi connectivity index (χ4v) is 3.37. The molecule has 0 aliphatic rings. The second kappa shape index (κ2) is 8.96. The molecule has 2 rings (SSSR count). The van der Waals surface area contributed by atoms with Crippen LogP contribution in [-0.2, 0) is 9.84 Å². The van der Waals surface area contributed by atoms with Gasteiger partial charge in [0.2, 0.25) is 0 Å². The lowest BCUT2D eigenvalue weighted by Gasteiger charge is -2.24. The minimum absolute atomic E-state index is 0.157. The third-order valence-corrected chi connectivity index (χ3v) is 6.10. The third kappa shape index (κ3) is 5.54. The molecule has 0 saturated carbocycles. The Morgan fingerprint density at radius 3 is 2.29 bits per heavy atom. The van der Waals surface area contributed by atoms with Crippen molar-refractivity contribution in [2.75, 3.05) is 6.61 Å². The van der Waals surface area contributed by atoms with Crippen molar-refractivity contribution in [3.63, 3.8) is 0 Å². The number of amides is 1. The van der Waals surface area contributed by atoms with Crippen LogP contribution < -0.4 is 10.1 Å². The lowest BCUT2D eigenvalue weighted by atomic mass is 10.1. The number of nitrogens with zero attached hydrogens (tertiary/aromatic N) is 2. The molecule has 31 heavy (non-hydrogen) atoms. The number of halogens is 4. The maximum absolute atomic E-state index is 12.6. The zero-order valence-electron chi connectivity index (χ0n) is 15.7. The molecule has 162 valence electrons. The molecule has 0 heterocycles. The quantitative estimate of drug-likeness (QED) is 0.625. The van der Waals surface area contributed by atoms with Crippen LogP contribution in [0.1, 0.15) is 22.8 Å². The van der Waals surface area contributed by atoms with Crippen molar-refractivity contribution in [2.24, 2.45) is 0 Å². The number of sulfone groups is 1. The van der Waals surface area contributed by atoms with Crippen LogP contribution in [0.25, 0.3) is 0 Å². The summed E-state index contributed by atoms with van der Waals surface area (Å²) in [4.78, 5) is 11.4. The molecular weight excluding hydrogens is 503 g/mol. The SMILES string of the molecule is CC(C#N)(COc1cc(C#N)ccc1Br)NC(=O)c1ccc(S(=O)(=O)C(F)(F)F)cc1. The fraction of sp³-hybridized carbons (Fsp3) is 0.211. The smallest absolute Gasteiger partial charge is 0.489 e. The maximum atomic E-state index is 12.6. The number of rotatable bonds is 6. The van der Waals surface area contributed by atoms with E-state index in [4.69, 9.17) is 10.00 Å². The monoisotopic (exact) mass is 515 g/mol. The highest BCUT2D eigenvalue weighted by molar-refractivity contribution is 9.10. The first kappa shape index (κ1) is 24.2. The van der Waals surface area contributed by atoms with Gasteiger partial charge in [-0.25, -0.2) is 8.42 Å². The van der Waals surface area contributed by atoms with E-state index in [1.165, 1.54) is 13.0 Å². The van der Waals surface area contributed by atoms with Crippen molar-refractivity contribution in [3.05, 3.63) is 58.1 Å². The second-order valence-corrected chi connectivity index (χ2v) is 9.21. The summed E-state index contributed by atoms with van der Waals surface area (Å²) >= 11 is 3.24. The molecule has 0 spiro atoms. The van der Waals surface area contributed by atoms with Gasteiger partial charge in [-0.3, -0.25) is 4.79 Å². The number of hydrogen-bond donors (Lipinski definition) is 1. The van der Waals surface area contributed by atoms with Crippen LogP contribution in [0.4, 0.5) is 13.2 Å². The van der Waals surface area contributed by atoms with Gasteiger partial charge >= 0.3 is 5.51 Å². The molecule has 0 bridgehead atoms. The van der Waals surface area contributed by atoms with Crippen LogP contribution in [-0.4, -0.2) is 32.0 Å². The number of hydrogen-bond acceptors (Lipinski definition) is 6. The topological polar surface area (TPSA) is 120 Å². The van der Waals surface area contributed by atoms with Crippen LogP contribution in [0.5, 0.6) is 5.75 Å². The highest BCUT2D eigenvalue weighted by Crippen LogP contribution is 2.30. The molecule has 1 N–H and O–H groups in total. The van der Waals surface area contributed by atoms with E-state index in [0.717, 1.165) is 12.1 Å². The summed E-state index contributed by atoms with van der Waals surface area (Å²) in [7, 11) is -5.54. The molecular formula is C19H13BrF3N3O4S. The molecule has 2 aromatic carbocycles. The van der Waals surface area contributed by atoms with Crippen molar-refractivity contribution in [2.45, 2.75) is 22.9 Å². The molecule has 12 heteroatoms. The Labute approximate surface area is 184 Å². The number of ether oxygens (including phenoxy) is 1. The minimum Gasteiger partial charge on any atom is -0.489 e. The zero-order valence-corrected chi connectivity index (χ0v) is 18.1. The molecule has 0 aliphatic heterocycles. The standard InChI is InChI=1S/C19H13BrF3N3O4S/c1-18(10-25,11-30-16-8-12(9-24)2-7-15(16)20)26-17(27)13-3-5-14(6-4-13)31(28,29)19(21,22)23/h2-8H,11H2,1H3,(H,26,27). The van der Waals surface area contributed by atoms with Crippen molar-refractivity contribution >= 4 is 31.7 Å². The summed E-state index contributed by atoms with van der Waals surface area (Å²) in [5.74, 6) is -0.565. The summed E-state index contributed by atoms with van der Waals surface area (Å²) in [6, 6.07) is 11.5. The van der Waals surface area contributed by atoms with E-state index in [0.29, 0.717) is 22.2 Å². The van der Waals surface area contributed by atoms with Crippen molar-refractivity contribution in [1.82, 2.24) is 5.32 Å². The van der Waals surface area contributed by atoms with Gasteiger partial charge in [0.25, 0.3) is 15.7 Å². The van der Waals surface area contributed by atoms with Crippen LogP contribution >= 0.6 is 15.9 Å². The normalized spacial score (nSPS) is 13.4. The van der Waals surface area contributed by atoms with Crippen molar-refractivity contribution < 1.29 is 31.1 Å². The lowest BCUT2D eigenvalue weighted by Crippen LogP contribution is -2.49. The first-order chi connectivity index (χ1) is 14.3. The Balaban J connectivity index is 2.16. The van der Waals surface area contributed by atoms with E-state index < -0.39 is 31.7 Å². The molecule has 2 aromatic rings. The summed E-state index contributed by atoms with van der Waals surface area (Å²) in [6.45, 7) is 1.04. The van der Waals surface area contributed by atoms with E-state index in [9.17, 15) is 31.6 Å². The second-order valence-electron chi connectivity index (χ2n) is 6.42. The first-order valence-electron chi connectivity index (χ1n) is 8.30. The van der Waals surface area contributed by atoms with Gasteiger partial charge in [0.05, 0.1) is 27.1 Å². The van der Waals surface area contributed by atoms with E-state index >= 15 is 0 Å². The molecule has 7 nitrogen and oxygen atoms in total. The summed E-state index contributed by atoms with van der Waals surface area (Å²) in [5.41, 5.74) is -6.86. The number of benzene rings is 2. The molecule has 0 radical (unpaired) electrons. The summed E-state index contributed by atoms with van der Waals surface area (Å²) in [5, 5.41) is 20.8. The van der Waals surface area contributed by atoms with E-state index in [2.05, 4.69) is 21.2 Å². The average molecular weight is 516 g/mol. The number of alkyl halides is 3. The number of nitriles is 2. The Hall–Kier alpha value is -3.09. The van der Waals surface area contributed by atoms with Crippen LogP contribution in [0.2, 0.25) is 0 Å². The lowest BCUT2D eigenvalue weighted by molar-refractivity contribution is -0.0436. The highest BCUT2D eigenvalue weighted by atomic mass is 79.9. The number of carbonyl (C=O) groups is 1. The van der Waals surface area contributed by atoms with Crippen LogP contribution in [0.15, 0.2) is 51.8 Å². The molecule has 1 atom stereocenters. The molecule has 1 unspecified atom stereocenters. The maximum Gasteiger partial charge on any atom is 0.501 e. The van der Waals surface area contributed by atoms with Crippen LogP contribution in [0.3, 0.4) is 0 Å². The Bertz CT molecular complexity index is 1190. The fourth-order valence-electron chi connectivity index (χ4n) is 2.24. The summed E-state index contributed by atoms with van der Waals surface area (Å²) < 4.78 is 66.7. The van der Waals surface area contributed by atoms with E-state index in [1.807, 2.05) is 12.1 Å². The van der Waals surface area contributed by atoms with E-state index in [1.54, 1.807) is 12.1 Å². The molecule has 0 saturated heterocycles. The minimum atomic E-state index is -5.54. The third-order valence-electron chi connectivity index (χ3n) is 3.94. The molecule has 0 fully saturated rings. The predicted molar refractivity (Wildman–Crippen MR) is 106 cm³/mol. The van der Waals surface area contributed by atoms with Crippen LogP contribution in [0, 0.1) is 22.7 Å². The van der Waals surface area contributed by atoms with Gasteiger partial charge in [0.15, 0.2) is 5.54 Å². The Kier molecular flexibility index (Phi) is 6.99. The number of nitrogens with one attached hydrogen (secondary N) is 1. The number of carbonyl (C=O) groups excluding carboxylic acids is 1. The average Bonchev–Trinajstić information content (AvgIpc) is 2.72. The zero-order chi connectivity index (χ0) is 23.4. The summed E-state index contributed by atoms with van der Waals surface area (Å²) in [6.07, 6.45) is 0. The first-order valence-corrected chi connectivity index (χ1v) is 10.6. The molecule has 0 aliphatic carbocycles. The van der Waals surface area contributed by atoms with E-state index in [-0.39, 0.29) is 17.9 Å². The predicted octanol–water partition coefficient (Wildman–Crippen LogP) is 3.71. The van der Waals surface area contributed by atoms with Gasteiger partial charge in [-0.2, -0.15) is 23.7 Å².